The third-order valence-electron chi connectivity index (χ3n) is 19.0. The molecule has 1 N–H and O–H groups in total. The molecule has 12 atom stereocenters. The average molecular weight is 849 g/mol. The molecule has 0 amide bonds. The van der Waals surface area contributed by atoms with E-state index in [-0.39, 0.29) is 63.3 Å². The number of ether oxygens (including phenoxy) is 4. The number of rotatable bonds is 13. The number of nitrogens with one attached hydrogen (secondary N) is 1. The van der Waals surface area contributed by atoms with E-state index >= 15 is 4.79 Å². The van der Waals surface area contributed by atoms with Gasteiger partial charge in [0.2, 0.25) is 0 Å². The van der Waals surface area contributed by atoms with E-state index in [1.54, 1.807) is 12.7 Å². The lowest BCUT2D eigenvalue weighted by atomic mass is 9.34. The largest absolute Gasteiger partial charge is 0.497 e. The molecule has 2 bridgehead atoms. The molecular weight excluding hydrogens is 773 g/mol. The van der Waals surface area contributed by atoms with Gasteiger partial charge in [0.15, 0.2) is 0 Å². The molecule has 5 aliphatic rings. The van der Waals surface area contributed by atoms with E-state index in [4.69, 9.17) is 24.0 Å². The Hall–Kier alpha value is -3.53. The summed E-state index contributed by atoms with van der Waals surface area (Å²) in [7, 11) is 3.73. The first kappa shape index (κ1) is 45.1. The molecule has 1 aliphatic heterocycles. The van der Waals surface area contributed by atoms with Crippen LogP contribution in [0.1, 0.15) is 119 Å². The number of esters is 1. The van der Waals surface area contributed by atoms with Crippen molar-refractivity contribution in [1.29, 1.82) is 0 Å². The van der Waals surface area contributed by atoms with Crippen LogP contribution >= 0.6 is 0 Å². The number of hydrogen-bond donors (Lipinski definition) is 1. The molecule has 0 spiro atoms. The quantitative estimate of drug-likeness (QED) is 0.134. The number of carbonyl (C=O) groups excluding carboxylic acids is 1. The Morgan fingerprint density at radius 1 is 0.952 bits per heavy atom. The van der Waals surface area contributed by atoms with E-state index in [2.05, 4.69) is 116 Å². The van der Waals surface area contributed by atoms with Gasteiger partial charge >= 0.3 is 5.97 Å². The van der Waals surface area contributed by atoms with Gasteiger partial charge in [-0.15, -0.1) is 0 Å². The summed E-state index contributed by atoms with van der Waals surface area (Å²) >= 11 is 0. The normalized spacial score (nSPS) is 36.7. The number of likely N-dealkylation sites (N-methyl/N-ethyl adjacent to an activating group) is 1. The molecule has 3 saturated carbocycles. The van der Waals surface area contributed by atoms with Crippen LogP contribution < -0.4 is 10.1 Å². The molecule has 3 aromatic rings. The van der Waals surface area contributed by atoms with Gasteiger partial charge in [0, 0.05) is 40.5 Å². The lowest BCUT2D eigenvalue weighted by Crippen LogP contribution is -2.69. The second-order valence-corrected chi connectivity index (χ2v) is 22.2. The Kier molecular flexibility index (Phi) is 12.0. The first-order valence-electron chi connectivity index (χ1n) is 23.7. The molecule has 2 aromatic heterocycles. The van der Waals surface area contributed by atoms with Gasteiger partial charge in [0.25, 0.3) is 0 Å². The first-order chi connectivity index (χ1) is 29.4. The number of hydrogen-bond acceptors (Lipinski definition) is 8. The van der Waals surface area contributed by atoms with Crippen molar-refractivity contribution in [2.75, 3.05) is 34.0 Å². The Balaban J connectivity index is 1.21. The summed E-state index contributed by atoms with van der Waals surface area (Å²) < 4.78 is 28.5. The van der Waals surface area contributed by atoms with Gasteiger partial charge < -0.3 is 24.3 Å². The third-order valence-corrected chi connectivity index (χ3v) is 19.0. The van der Waals surface area contributed by atoms with E-state index in [0.717, 1.165) is 61.1 Å². The second kappa shape index (κ2) is 16.5. The van der Waals surface area contributed by atoms with Gasteiger partial charge in [0.05, 0.1) is 50.7 Å². The Labute approximate surface area is 372 Å². The number of methoxy groups -OCH3 is 1. The van der Waals surface area contributed by atoms with E-state index in [1.165, 1.54) is 0 Å². The van der Waals surface area contributed by atoms with Gasteiger partial charge in [-0.05, 0) is 134 Å². The minimum absolute atomic E-state index is 0.0189. The van der Waals surface area contributed by atoms with Crippen molar-refractivity contribution in [3.8, 4) is 17.0 Å². The number of benzene rings is 1. The van der Waals surface area contributed by atoms with Crippen molar-refractivity contribution in [1.82, 2.24) is 20.1 Å². The average Bonchev–Trinajstić information content (AvgIpc) is 3.75. The summed E-state index contributed by atoms with van der Waals surface area (Å²) in [5.41, 5.74) is 3.48. The molecule has 338 valence electrons. The predicted molar refractivity (Wildman–Crippen MR) is 245 cm³/mol. The number of pyridine rings is 1. The minimum atomic E-state index is -0.304. The Morgan fingerprint density at radius 3 is 2.34 bits per heavy atom. The van der Waals surface area contributed by atoms with Crippen molar-refractivity contribution >= 4 is 5.97 Å². The molecular formula is C53H76N4O5. The molecule has 1 saturated heterocycles. The topological polar surface area (TPSA) is 96.7 Å². The molecule has 62 heavy (non-hydrogen) atoms. The maximum atomic E-state index is 15.1. The number of allylic oxidation sites excluding steroid dienone is 1. The van der Waals surface area contributed by atoms with Crippen LogP contribution in [-0.4, -0.2) is 66.4 Å². The van der Waals surface area contributed by atoms with E-state index in [1.807, 2.05) is 42.9 Å². The summed E-state index contributed by atoms with van der Waals surface area (Å²) in [5, 5.41) is 8.78. The van der Waals surface area contributed by atoms with Crippen molar-refractivity contribution in [2.24, 2.45) is 62.6 Å². The van der Waals surface area contributed by atoms with Crippen LogP contribution in [0.25, 0.3) is 11.3 Å². The number of nitrogens with zero attached hydrogens (tertiary/aromatic N) is 3. The predicted octanol–water partition coefficient (Wildman–Crippen LogP) is 10.8. The second-order valence-electron chi connectivity index (χ2n) is 22.2. The summed E-state index contributed by atoms with van der Waals surface area (Å²) in [5.74, 6) is 2.37. The van der Waals surface area contributed by atoms with Crippen LogP contribution in [0.15, 0.2) is 72.7 Å². The van der Waals surface area contributed by atoms with Crippen LogP contribution in [0.4, 0.5) is 0 Å². The van der Waals surface area contributed by atoms with Crippen LogP contribution in [-0.2, 0) is 25.6 Å². The summed E-state index contributed by atoms with van der Waals surface area (Å²) in [4.78, 5) is 19.4. The molecule has 0 unspecified atom stereocenters. The van der Waals surface area contributed by atoms with E-state index in [0.29, 0.717) is 49.4 Å². The standard InChI is InChI=1S/C53H76N4O5/c1-34(2)36(5)48(6)24-25-50(8)40-17-18-44-49(7)31-60-33-53(44,41(40)19-23-51(50,9)45(48)47(58)61-30-37-13-15-39(59-12)16-14-37)29-43(46(49)62-32-52(10,54-11)35(3)4)57-42(22-28-56-57)38-20-26-55-27-21-38/h13-16,19-22,26-28,34-36,40,43-46,54H,17-18,23-25,29-33H2,1-12H3/t36-,40+,43-,44+,45-,46+,48-,49+,50-,51+,52+,53+/m1/s1. The highest BCUT2D eigenvalue weighted by Crippen LogP contribution is 2.75. The fourth-order valence-corrected chi connectivity index (χ4v) is 14.2. The zero-order chi connectivity index (χ0) is 44.5. The maximum absolute atomic E-state index is 15.1. The zero-order valence-electron chi connectivity index (χ0n) is 39.9. The van der Waals surface area contributed by atoms with Gasteiger partial charge in [0.1, 0.15) is 12.4 Å². The Bertz CT molecular complexity index is 2100. The van der Waals surface area contributed by atoms with E-state index < -0.39 is 0 Å². The van der Waals surface area contributed by atoms with Crippen molar-refractivity contribution in [2.45, 2.75) is 132 Å². The smallest absolute Gasteiger partial charge is 0.310 e. The lowest BCUT2D eigenvalue weighted by molar-refractivity contribution is -0.253. The van der Waals surface area contributed by atoms with Gasteiger partial charge in [-0.1, -0.05) is 86.1 Å². The highest BCUT2D eigenvalue weighted by atomic mass is 16.5. The molecule has 8 rings (SSSR count). The number of carbonyl (C=O) groups is 1. The molecule has 4 fully saturated rings. The fraction of sp³-hybridized carbons (Fsp3) is 0.679. The first-order valence-corrected chi connectivity index (χ1v) is 23.7. The third kappa shape index (κ3) is 6.92. The summed E-state index contributed by atoms with van der Waals surface area (Å²) in [6.45, 7) is 26.0. The van der Waals surface area contributed by atoms with Crippen LogP contribution in [0.5, 0.6) is 5.75 Å². The zero-order valence-corrected chi connectivity index (χ0v) is 39.9. The fourth-order valence-electron chi connectivity index (χ4n) is 14.2. The molecule has 1 aromatic carbocycles. The summed E-state index contributed by atoms with van der Waals surface area (Å²) in [6, 6.07) is 14.2. The molecule has 0 radical (unpaired) electrons. The van der Waals surface area contributed by atoms with Crippen LogP contribution in [0, 0.1) is 62.6 Å². The molecule has 4 aliphatic carbocycles. The monoisotopic (exact) mass is 849 g/mol. The Morgan fingerprint density at radius 2 is 1.68 bits per heavy atom. The van der Waals surface area contributed by atoms with Crippen molar-refractivity contribution < 1.29 is 23.7 Å². The highest BCUT2D eigenvalue weighted by molar-refractivity contribution is 5.75. The maximum Gasteiger partial charge on any atom is 0.310 e. The number of aromatic nitrogens is 3. The van der Waals surface area contributed by atoms with Crippen molar-refractivity contribution in [3.05, 3.63) is 78.3 Å². The van der Waals surface area contributed by atoms with Crippen LogP contribution in [0.3, 0.4) is 0 Å². The molecule has 9 nitrogen and oxygen atoms in total. The number of fused-ring (bicyclic) bond motifs is 3. The van der Waals surface area contributed by atoms with E-state index in [9.17, 15) is 0 Å². The van der Waals surface area contributed by atoms with Crippen LogP contribution in [0.2, 0.25) is 0 Å². The van der Waals surface area contributed by atoms with Gasteiger partial charge in [-0.3, -0.25) is 14.5 Å². The highest BCUT2D eigenvalue weighted by Gasteiger charge is 2.72. The minimum Gasteiger partial charge on any atom is -0.497 e. The molecule has 9 heteroatoms. The van der Waals surface area contributed by atoms with Gasteiger partial charge in [-0.25, -0.2) is 0 Å². The lowest BCUT2D eigenvalue weighted by Gasteiger charge is -2.71. The molecule has 3 heterocycles. The van der Waals surface area contributed by atoms with Crippen molar-refractivity contribution in [3.63, 3.8) is 0 Å². The SMILES string of the molecule is CN[C@@](C)(CO[C@H]1[C@H](n2nccc2-c2ccncc2)C[C@@]23COC[C@@]1(C)[C@@H]2CC[C@H]1C3=CC[C@@]2(C)[C@H](C(=O)OCc3ccc(OC)cc3)[C@@](C)([C@H](C)C(C)C)CC[C@]12C)C(C)C. The summed E-state index contributed by atoms with van der Waals surface area (Å²) in [6.07, 6.45) is 14.2. The van der Waals surface area contributed by atoms with Gasteiger partial charge in [-0.2, -0.15) is 5.10 Å².